The summed E-state index contributed by atoms with van der Waals surface area (Å²) in [6.07, 6.45) is 3.07. The van der Waals surface area contributed by atoms with Gasteiger partial charge in [0.1, 0.15) is 23.9 Å². The Balaban J connectivity index is 1.55. The molecular formula is C30H22ClFN2O4. The van der Waals surface area contributed by atoms with E-state index < -0.39 is 23.5 Å². The number of aliphatic hydroxyl groups excluding tert-OH is 1. The van der Waals surface area contributed by atoms with E-state index in [0.29, 0.717) is 23.5 Å². The lowest BCUT2D eigenvalue weighted by molar-refractivity contribution is -0.132. The van der Waals surface area contributed by atoms with Crippen LogP contribution in [0, 0.1) is 12.7 Å². The number of carbonyl (C=O) groups is 2. The fraction of sp³-hybridized carbons (Fsp3) is 0.100. The quantitative estimate of drug-likeness (QED) is 0.178. The third-order valence-electron chi connectivity index (χ3n) is 6.31. The highest BCUT2D eigenvalue weighted by molar-refractivity contribution is 6.51. The summed E-state index contributed by atoms with van der Waals surface area (Å²) in [5.74, 6) is -2.13. The second-order valence-electron chi connectivity index (χ2n) is 8.81. The summed E-state index contributed by atoms with van der Waals surface area (Å²) in [5, 5.41) is 11.2. The number of halogens is 2. The van der Waals surface area contributed by atoms with Crippen molar-refractivity contribution >= 4 is 34.7 Å². The van der Waals surface area contributed by atoms with Crippen LogP contribution in [-0.4, -0.2) is 21.8 Å². The van der Waals surface area contributed by atoms with Gasteiger partial charge in [-0.1, -0.05) is 48.0 Å². The lowest BCUT2D eigenvalue weighted by atomic mass is 9.95. The van der Waals surface area contributed by atoms with Crippen molar-refractivity contribution in [2.45, 2.75) is 19.6 Å². The number of Topliss-reactive ketones (excluding diaryl/α,β-unsaturated/α-hetero) is 1. The van der Waals surface area contributed by atoms with Crippen molar-refractivity contribution in [1.29, 1.82) is 0 Å². The van der Waals surface area contributed by atoms with Crippen LogP contribution in [-0.2, 0) is 16.2 Å². The van der Waals surface area contributed by atoms with E-state index >= 15 is 0 Å². The molecule has 1 N–H and O–H groups in total. The van der Waals surface area contributed by atoms with E-state index in [4.69, 9.17) is 16.3 Å². The van der Waals surface area contributed by atoms with Gasteiger partial charge in [0.05, 0.1) is 16.6 Å². The highest BCUT2D eigenvalue weighted by atomic mass is 35.5. The van der Waals surface area contributed by atoms with Crippen LogP contribution in [0.5, 0.6) is 5.75 Å². The molecule has 0 spiro atoms. The number of aryl methyl sites for hydroxylation is 1. The predicted molar refractivity (Wildman–Crippen MR) is 142 cm³/mol. The van der Waals surface area contributed by atoms with Crippen LogP contribution >= 0.6 is 11.6 Å². The van der Waals surface area contributed by atoms with Crippen LogP contribution in [0.4, 0.5) is 10.1 Å². The van der Waals surface area contributed by atoms with Crippen LogP contribution < -0.4 is 9.64 Å². The van der Waals surface area contributed by atoms with E-state index in [0.717, 1.165) is 17.2 Å². The van der Waals surface area contributed by atoms with Crippen molar-refractivity contribution in [3.63, 3.8) is 0 Å². The molecule has 1 aliphatic heterocycles. The maximum atomic E-state index is 13.9. The maximum absolute atomic E-state index is 13.9. The number of aromatic nitrogens is 1. The number of hydrogen-bond acceptors (Lipinski definition) is 5. The number of pyridine rings is 1. The second kappa shape index (κ2) is 10.5. The van der Waals surface area contributed by atoms with Crippen molar-refractivity contribution in [3.05, 3.63) is 130 Å². The largest absolute Gasteiger partial charge is 0.507 e. The number of ketones is 1. The molecule has 1 fully saturated rings. The van der Waals surface area contributed by atoms with Gasteiger partial charge in [0.25, 0.3) is 11.7 Å². The van der Waals surface area contributed by atoms with E-state index in [1.807, 2.05) is 37.3 Å². The molecule has 3 aromatic carbocycles. The topological polar surface area (TPSA) is 79.7 Å². The number of amides is 1. The fourth-order valence-corrected chi connectivity index (χ4v) is 4.61. The molecule has 5 rings (SSSR count). The summed E-state index contributed by atoms with van der Waals surface area (Å²) in [7, 11) is 0. The van der Waals surface area contributed by atoms with Crippen molar-refractivity contribution in [2.75, 3.05) is 4.90 Å². The number of nitrogens with zero attached hydrogens (tertiary/aromatic N) is 2. The molecule has 1 saturated heterocycles. The minimum absolute atomic E-state index is 0.110. The molecule has 1 aromatic heterocycles. The molecule has 0 saturated carbocycles. The highest BCUT2D eigenvalue weighted by Gasteiger charge is 2.47. The number of carbonyl (C=O) groups excluding carboxylic acids is 2. The molecule has 1 amide bonds. The Morgan fingerprint density at radius 2 is 1.84 bits per heavy atom. The lowest BCUT2D eigenvalue weighted by Gasteiger charge is -2.25. The Morgan fingerprint density at radius 3 is 2.53 bits per heavy atom. The first-order chi connectivity index (χ1) is 18.3. The van der Waals surface area contributed by atoms with Gasteiger partial charge in [-0.05, 0) is 66.1 Å². The number of benzene rings is 3. The third-order valence-corrected chi connectivity index (χ3v) is 6.60. The minimum Gasteiger partial charge on any atom is -0.507 e. The Kier molecular flexibility index (Phi) is 6.94. The SMILES string of the molecule is Cc1cc(/C(O)=C2\C(=O)C(=O)N(c3ccc(F)c(Cl)c3)C2c2cccnc2)ccc1OCc1ccccc1. The third kappa shape index (κ3) is 4.76. The molecule has 2 heterocycles. The van der Waals surface area contributed by atoms with E-state index in [9.17, 15) is 19.1 Å². The van der Waals surface area contributed by atoms with Gasteiger partial charge in [0.2, 0.25) is 0 Å². The monoisotopic (exact) mass is 528 g/mol. The van der Waals surface area contributed by atoms with Crippen LogP contribution in [0.2, 0.25) is 5.02 Å². The minimum atomic E-state index is -1.00. The molecule has 4 aromatic rings. The predicted octanol–water partition coefficient (Wildman–Crippen LogP) is 6.39. The molecule has 1 atom stereocenters. The summed E-state index contributed by atoms with van der Waals surface area (Å²) < 4.78 is 19.8. The van der Waals surface area contributed by atoms with Gasteiger partial charge < -0.3 is 9.84 Å². The number of aliphatic hydroxyl groups is 1. The molecule has 190 valence electrons. The highest BCUT2D eigenvalue weighted by Crippen LogP contribution is 2.43. The summed E-state index contributed by atoms with van der Waals surface area (Å²) in [6.45, 7) is 2.20. The molecule has 1 unspecified atom stereocenters. The van der Waals surface area contributed by atoms with Crippen molar-refractivity contribution in [2.24, 2.45) is 0 Å². The molecule has 0 aliphatic carbocycles. The van der Waals surface area contributed by atoms with Gasteiger partial charge in [-0.25, -0.2) is 4.39 Å². The smallest absolute Gasteiger partial charge is 0.300 e. The molecular weight excluding hydrogens is 507 g/mol. The zero-order valence-electron chi connectivity index (χ0n) is 20.3. The van der Waals surface area contributed by atoms with Crippen LogP contribution in [0.15, 0.2) is 96.8 Å². The Hall–Kier alpha value is -4.49. The molecule has 0 bridgehead atoms. The Labute approximate surface area is 223 Å². The number of rotatable bonds is 6. The van der Waals surface area contributed by atoms with Gasteiger partial charge >= 0.3 is 0 Å². The van der Waals surface area contributed by atoms with Crippen LogP contribution in [0.3, 0.4) is 0 Å². The molecule has 8 heteroatoms. The summed E-state index contributed by atoms with van der Waals surface area (Å²) in [6, 6.07) is 20.9. The van der Waals surface area contributed by atoms with Crippen molar-refractivity contribution in [3.8, 4) is 5.75 Å². The second-order valence-corrected chi connectivity index (χ2v) is 9.22. The van der Waals surface area contributed by atoms with E-state index in [1.165, 1.54) is 23.2 Å². The first-order valence-electron chi connectivity index (χ1n) is 11.8. The standard InChI is InChI=1S/C30H22ClFN2O4/c1-18-14-20(9-12-25(18)38-17-19-6-3-2-4-7-19)28(35)26-27(21-8-5-13-33-16-21)34(30(37)29(26)36)22-10-11-24(32)23(31)15-22/h2-16,27,35H,17H2,1H3/b28-26+. The normalized spacial score (nSPS) is 16.6. The van der Waals surface area contributed by atoms with Crippen molar-refractivity contribution < 1.29 is 23.8 Å². The van der Waals surface area contributed by atoms with Crippen LogP contribution in [0.1, 0.15) is 28.3 Å². The van der Waals surface area contributed by atoms with E-state index in [2.05, 4.69) is 4.98 Å². The van der Waals surface area contributed by atoms with Gasteiger partial charge in [0, 0.05) is 23.6 Å². The van der Waals surface area contributed by atoms with E-state index in [-0.39, 0.29) is 22.0 Å². The Morgan fingerprint density at radius 1 is 1.05 bits per heavy atom. The average Bonchev–Trinajstić information content (AvgIpc) is 3.20. The number of anilines is 1. The number of ether oxygens (including phenoxy) is 1. The van der Waals surface area contributed by atoms with E-state index in [1.54, 1.807) is 36.5 Å². The molecule has 1 aliphatic rings. The summed E-state index contributed by atoms with van der Waals surface area (Å²) in [4.78, 5) is 31.8. The van der Waals surface area contributed by atoms with Crippen molar-refractivity contribution in [1.82, 2.24) is 4.98 Å². The first-order valence-corrected chi connectivity index (χ1v) is 12.2. The van der Waals surface area contributed by atoms with Crippen LogP contribution in [0.25, 0.3) is 5.76 Å². The maximum Gasteiger partial charge on any atom is 0.300 e. The van der Waals surface area contributed by atoms with Gasteiger partial charge in [0.15, 0.2) is 0 Å². The average molecular weight is 529 g/mol. The molecule has 0 radical (unpaired) electrons. The number of hydrogen-bond donors (Lipinski definition) is 1. The zero-order valence-corrected chi connectivity index (χ0v) is 21.0. The van der Waals surface area contributed by atoms with Gasteiger partial charge in [-0.2, -0.15) is 0 Å². The van der Waals surface area contributed by atoms with Gasteiger partial charge in [-0.15, -0.1) is 0 Å². The molecule has 38 heavy (non-hydrogen) atoms. The summed E-state index contributed by atoms with van der Waals surface area (Å²) in [5.41, 5.74) is 2.69. The Bertz CT molecular complexity index is 1560. The zero-order chi connectivity index (χ0) is 26.8. The lowest BCUT2D eigenvalue weighted by Crippen LogP contribution is -2.29. The van der Waals surface area contributed by atoms with Gasteiger partial charge in [-0.3, -0.25) is 19.5 Å². The summed E-state index contributed by atoms with van der Waals surface area (Å²) >= 11 is 5.98. The fourth-order valence-electron chi connectivity index (χ4n) is 4.44. The first kappa shape index (κ1) is 25.2. The molecule has 6 nitrogen and oxygen atoms in total.